The Morgan fingerprint density at radius 1 is 1.08 bits per heavy atom. The summed E-state index contributed by atoms with van der Waals surface area (Å²) >= 11 is 0. The summed E-state index contributed by atoms with van der Waals surface area (Å²) in [7, 11) is 4.64. The summed E-state index contributed by atoms with van der Waals surface area (Å²) in [4.78, 5) is 15.9. The van der Waals surface area contributed by atoms with Gasteiger partial charge in [0.1, 0.15) is 0 Å². The molecule has 2 aromatic carbocycles. The van der Waals surface area contributed by atoms with Gasteiger partial charge in [0.05, 0.1) is 37.8 Å². The molecule has 26 heavy (non-hydrogen) atoms. The summed E-state index contributed by atoms with van der Waals surface area (Å²) in [5, 5.41) is 3.62. The Labute approximate surface area is 152 Å². The van der Waals surface area contributed by atoms with Crippen LogP contribution in [0.4, 0.5) is 0 Å². The summed E-state index contributed by atoms with van der Waals surface area (Å²) < 4.78 is 16.3. The Hall–Kier alpha value is -3.15. The van der Waals surface area contributed by atoms with E-state index in [2.05, 4.69) is 10.3 Å². The summed E-state index contributed by atoms with van der Waals surface area (Å²) in [6.07, 6.45) is 1.67. The zero-order valence-corrected chi connectivity index (χ0v) is 15.3. The Kier molecular flexibility index (Phi) is 5.02. The van der Waals surface area contributed by atoms with Crippen molar-refractivity contribution in [1.29, 1.82) is 0 Å². The van der Waals surface area contributed by atoms with Crippen molar-refractivity contribution in [3.05, 3.63) is 53.2 Å². The highest BCUT2D eigenvalue weighted by Crippen LogP contribution is 2.44. The average Bonchev–Trinajstić information content (AvgIpc) is 3.09. The van der Waals surface area contributed by atoms with Crippen molar-refractivity contribution in [3.8, 4) is 17.2 Å². The first-order chi connectivity index (χ1) is 12.6. The zero-order valence-electron chi connectivity index (χ0n) is 15.3. The van der Waals surface area contributed by atoms with Gasteiger partial charge in [-0.3, -0.25) is 4.79 Å². The lowest BCUT2D eigenvalue weighted by Crippen LogP contribution is -2.23. The van der Waals surface area contributed by atoms with Gasteiger partial charge in [0.15, 0.2) is 11.5 Å². The maximum atomic E-state index is 12.8. The highest BCUT2D eigenvalue weighted by Gasteiger charge is 2.22. The smallest absolute Gasteiger partial charge is 0.253 e. The molecule has 0 radical (unpaired) electrons. The molecule has 136 valence electrons. The third kappa shape index (κ3) is 3.06. The number of hydrogen-bond donors (Lipinski definition) is 2. The van der Waals surface area contributed by atoms with Crippen molar-refractivity contribution in [2.24, 2.45) is 0 Å². The van der Waals surface area contributed by atoms with Crippen LogP contribution in [0.15, 0.2) is 36.5 Å². The molecule has 0 bridgehead atoms. The second-order valence-electron chi connectivity index (χ2n) is 5.88. The largest absolute Gasteiger partial charge is 0.493 e. The normalized spacial score (nSPS) is 10.6. The van der Waals surface area contributed by atoms with Gasteiger partial charge in [-0.2, -0.15) is 0 Å². The number of rotatable bonds is 6. The number of amides is 1. The lowest BCUT2D eigenvalue weighted by atomic mass is 10.1. The first kappa shape index (κ1) is 17.7. The highest BCUT2D eigenvalue weighted by molar-refractivity contribution is 6.10. The molecule has 1 aromatic heterocycles. The number of fused-ring (bicyclic) bond motifs is 1. The topological polar surface area (TPSA) is 72.6 Å². The number of aromatic amines is 1. The molecule has 0 unspecified atom stereocenters. The van der Waals surface area contributed by atoms with Gasteiger partial charge in [0.2, 0.25) is 5.75 Å². The maximum absolute atomic E-state index is 12.8. The minimum Gasteiger partial charge on any atom is -0.493 e. The van der Waals surface area contributed by atoms with Gasteiger partial charge in [-0.1, -0.05) is 24.3 Å². The number of carbonyl (C=O) groups is 1. The van der Waals surface area contributed by atoms with Crippen LogP contribution in [0.5, 0.6) is 17.2 Å². The molecule has 1 amide bonds. The van der Waals surface area contributed by atoms with E-state index in [9.17, 15) is 4.79 Å². The SMILES string of the molecule is COc1cc2[nH]cc(C(=O)NCc3ccccc3C)c2c(OC)c1OC. The molecular formula is C20H22N2O4. The van der Waals surface area contributed by atoms with Gasteiger partial charge in [-0.15, -0.1) is 0 Å². The first-order valence-electron chi connectivity index (χ1n) is 8.23. The summed E-state index contributed by atoms with van der Waals surface area (Å²) in [6.45, 7) is 2.47. The molecule has 2 N–H and O–H groups in total. The van der Waals surface area contributed by atoms with Crippen LogP contribution >= 0.6 is 0 Å². The Bertz CT molecular complexity index is 946. The van der Waals surface area contributed by atoms with Crippen LogP contribution in [0.1, 0.15) is 21.5 Å². The number of H-pyrrole nitrogens is 1. The van der Waals surface area contributed by atoms with E-state index in [0.29, 0.717) is 34.7 Å². The van der Waals surface area contributed by atoms with Crippen molar-refractivity contribution in [2.75, 3.05) is 21.3 Å². The van der Waals surface area contributed by atoms with Crippen LogP contribution in [0.2, 0.25) is 0 Å². The molecule has 6 nitrogen and oxygen atoms in total. The molecule has 3 aromatic rings. The van der Waals surface area contributed by atoms with Crippen molar-refractivity contribution in [1.82, 2.24) is 10.3 Å². The Morgan fingerprint density at radius 3 is 2.46 bits per heavy atom. The van der Waals surface area contributed by atoms with Crippen LogP contribution in [0, 0.1) is 6.92 Å². The minimum atomic E-state index is -0.190. The Balaban J connectivity index is 1.97. The molecular weight excluding hydrogens is 332 g/mol. The Morgan fingerprint density at radius 2 is 1.81 bits per heavy atom. The number of aromatic nitrogens is 1. The second-order valence-corrected chi connectivity index (χ2v) is 5.88. The van der Waals surface area contributed by atoms with E-state index in [4.69, 9.17) is 14.2 Å². The van der Waals surface area contributed by atoms with Crippen molar-refractivity contribution in [2.45, 2.75) is 13.5 Å². The fourth-order valence-corrected chi connectivity index (χ4v) is 3.02. The lowest BCUT2D eigenvalue weighted by molar-refractivity contribution is 0.0952. The van der Waals surface area contributed by atoms with Gasteiger partial charge in [-0.05, 0) is 18.1 Å². The monoisotopic (exact) mass is 354 g/mol. The third-order valence-electron chi connectivity index (χ3n) is 4.42. The fourth-order valence-electron chi connectivity index (χ4n) is 3.02. The standard InChI is InChI=1S/C20H22N2O4/c1-12-7-5-6-8-13(12)10-22-20(23)14-11-21-15-9-16(24-2)18(25-3)19(26-4)17(14)15/h5-9,11,21H,10H2,1-4H3,(H,22,23). The summed E-state index contributed by atoms with van der Waals surface area (Å²) in [6, 6.07) is 9.74. The molecule has 0 spiro atoms. The molecule has 6 heteroatoms. The predicted octanol–water partition coefficient (Wildman–Crippen LogP) is 3.43. The maximum Gasteiger partial charge on any atom is 0.253 e. The number of carbonyl (C=O) groups excluding carboxylic acids is 1. The number of methoxy groups -OCH3 is 3. The molecule has 0 aliphatic rings. The lowest BCUT2D eigenvalue weighted by Gasteiger charge is -2.14. The van der Waals surface area contributed by atoms with Crippen molar-refractivity contribution >= 4 is 16.8 Å². The van der Waals surface area contributed by atoms with Gasteiger partial charge in [0.25, 0.3) is 5.91 Å². The molecule has 0 atom stereocenters. The highest BCUT2D eigenvalue weighted by atomic mass is 16.5. The molecule has 0 saturated heterocycles. The minimum absolute atomic E-state index is 0.190. The van der Waals surface area contributed by atoms with Crippen LogP contribution in [-0.4, -0.2) is 32.2 Å². The van der Waals surface area contributed by atoms with E-state index in [0.717, 1.165) is 16.6 Å². The van der Waals surface area contributed by atoms with E-state index in [1.54, 1.807) is 26.5 Å². The quantitative estimate of drug-likeness (QED) is 0.711. The van der Waals surface area contributed by atoms with E-state index in [-0.39, 0.29) is 5.91 Å². The van der Waals surface area contributed by atoms with Gasteiger partial charge in [0, 0.05) is 18.8 Å². The number of nitrogens with one attached hydrogen (secondary N) is 2. The molecule has 0 aliphatic heterocycles. The fraction of sp³-hybridized carbons (Fsp3) is 0.250. The predicted molar refractivity (Wildman–Crippen MR) is 100 cm³/mol. The van der Waals surface area contributed by atoms with E-state index in [1.165, 1.54) is 7.11 Å². The van der Waals surface area contributed by atoms with Crippen molar-refractivity contribution < 1.29 is 19.0 Å². The zero-order chi connectivity index (χ0) is 18.7. The first-order valence-corrected chi connectivity index (χ1v) is 8.23. The molecule has 0 fully saturated rings. The number of ether oxygens (including phenoxy) is 3. The van der Waals surface area contributed by atoms with Gasteiger partial charge in [-0.25, -0.2) is 0 Å². The second kappa shape index (κ2) is 7.39. The van der Waals surface area contributed by atoms with E-state index in [1.807, 2.05) is 31.2 Å². The van der Waals surface area contributed by atoms with E-state index < -0.39 is 0 Å². The molecule has 0 aliphatic carbocycles. The summed E-state index contributed by atoms with van der Waals surface area (Å²) in [5.41, 5.74) is 3.44. The number of aryl methyl sites for hydroxylation is 1. The molecule has 3 rings (SSSR count). The van der Waals surface area contributed by atoms with Gasteiger partial charge < -0.3 is 24.5 Å². The third-order valence-corrected chi connectivity index (χ3v) is 4.42. The van der Waals surface area contributed by atoms with Gasteiger partial charge >= 0.3 is 0 Å². The van der Waals surface area contributed by atoms with Crippen molar-refractivity contribution in [3.63, 3.8) is 0 Å². The average molecular weight is 354 g/mol. The van der Waals surface area contributed by atoms with Crippen LogP contribution in [0.3, 0.4) is 0 Å². The molecule has 0 saturated carbocycles. The van der Waals surface area contributed by atoms with Crippen LogP contribution < -0.4 is 19.5 Å². The van der Waals surface area contributed by atoms with E-state index >= 15 is 0 Å². The number of benzene rings is 2. The summed E-state index contributed by atoms with van der Waals surface area (Å²) in [5.74, 6) is 1.26. The van der Waals surface area contributed by atoms with Crippen LogP contribution in [0.25, 0.3) is 10.9 Å². The van der Waals surface area contributed by atoms with Crippen LogP contribution in [-0.2, 0) is 6.54 Å². The molecule has 1 heterocycles. The number of hydrogen-bond acceptors (Lipinski definition) is 4.